The molecule has 0 spiro atoms. The summed E-state index contributed by atoms with van der Waals surface area (Å²) in [5.74, 6) is -0.259. The molecule has 1 aliphatic rings. The summed E-state index contributed by atoms with van der Waals surface area (Å²) in [5.41, 5.74) is 6.32. The van der Waals surface area contributed by atoms with Gasteiger partial charge in [0, 0.05) is 17.4 Å². The summed E-state index contributed by atoms with van der Waals surface area (Å²) in [7, 11) is 0. The van der Waals surface area contributed by atoms with Crippen LogP contribution >= 0.6 is 0 Å². The molecule has 0 fully saturated rings. The Morgan fingerprint density at radius 1 is 0.444 bits per heavy atom. The van der Waals surface area contributed by atoms with Gasteiger partial charge in [0.15, 0.2) is 0 Å². The van der Waals surface area contributed by atoms with Crippen molar-refractivity contribution >= 4 is 11.1 Å². The third-order valence-electron chi connectivity index (χ3n) is 7.42. The second kappa shape index (κ2) is 9.45. The van der Waals surface area contributed by atoms with Crippen molar-refractivity contribution < 1.29 is 5.11 Å². The Morgan fingerprint density at radius 3 is 1.39 bits per heavy atom. The highest BCUT2D eigenvalue weighted by Gasteiger charge is 2.55. The second-order valence-electron chi connectivity index (χ2n) is 9.43. The summed E-state index contributed by atoms with van der Waals surface area (Å²) in [6.07, 6.45) is 0. The van der Waals surface area contributed by atoms with Crippen LogP contribution in [-0.2, 0) is 5.60 Å². The van der Waals surface area contributed by atoms with Crippen LogP contribution in [0.2, 0.25) is 0 Å². The first-order valence-electron chi connectivity index (χ1n) is 12.5. The van der Waals surface area contributed by atoms with Gasteiger partial charge < -0.3 is 5.11 Å². The van der Waals surface area contributed by atoms with Gasteiger partial charge in [0.25, 0.3) is 0 Å². The average Bonchev–Trinajstić information content (AvgIpc) is 3.25. The first kappa shape index (κ1) is 22.3. The van der Waals surface area contributed by atoms with Crippen molar-refractivity contribution in [1.82, 2.24) is 0 Å². The molecule has 5 aromatic carbocycles. The van der Waals surface area contributed by atoms with E-state index in [9.17, 15) is 5.11 Å². The van der Waals surface area contributed by atoms with Crippen molar-refractivity contribution in [2.75, 3.05) is 0 Å². The molecule has 0 heterocycles. The van der Waals surface area contributed by atoms with Crippen LogP contribution in [0.15, 0.2) is 152 Å². The predicted molar refractivity (Wildman–Crippen MR) is 148 cm³/mol. The van der Waals surface area contributed by atoms with Gasteiger partial charge in [-0.1, -0.05) is 152 Å². The van der Waals surface area contributed by atoms with Gasteiger partial charge in [-0.25, -0.2) is 0 Å². The first-order chi connectivity index (χ1) is 17.8. The molecule has 0 amide bonds. The molecule has 0 radical (unpaired) electrons. The zero-order valence-corrected chi connectivity index (χ0v) is 20.0. The smallest absolute Gasteiger partial charge is 0.123 e. The molecule has 3 atom stereocenters. The van der Waals surface area contributed by atoms with Crippen LogP contribution in [0.25, 0.3) is 11.1 Å². The summed E-state index contributed by atoms with van der Waals surface area (Å²) in [5, 5.41) is 13.2. The minimum Gasteiger partial charge on any atom is -0.380 e. The molecule has 3 unspecified atom stereocenters. The van der Waals surface area contributed by atoms with Crippen LogP contribution in [0, 0.1) is 0 Å². The monoisotopic (exact) mass is 464 g/mol. The fraction of sp³-hybridized carbons (Fsp3) is 0.0857. The van der Waals surface area contributed by atoms with E-state index in [1.807, 2.05) is 30.3 Å². The van der Waals surface area contributed by atoms with E-state index in [1.54, 1.807) is 0 Å². The number of aliphatic hydroxyl groups is 1. The number of hydrogen-bond donors (Lipinski definition) is 1. The Hall–Kier alpha value is -4.20. The molecule has 0 aliphatic heterocycles. The van der Waals surface area contributed by atoms with Gasteiger partial charge >= 0.3 is 0 Å². The van der Waals surface area contributed by atoms with Crippen molar-refractivity contribution in [1.29, 1.82) is 0 Å². The summed E-state index contributed by atoms with van der Waals surface area (Å²) in [6, 6.07) is 52.3. The predicted octanol–water partition coefficient (Wildman–Crippen LogP) is 8.07. The standard InChI is InChI=1S/C35H28O/c36-35(30-24-14-5-15-25-30)33(28-20-10-3-11-21-28)31(26-16-6-1-7-17-26)32(27-18-8-2-9-19-27)34(35)29-22-12-4-13-23-29/h1-25,31,33,36H. The molecule has 1 N–H and O–H groups in total. The molecule has 6 rings (SSSR count). The van der Waals surface area contributed by atoms with E-state index in [0.29, 0.717) is 0 Å². The number of allylic oxidation sites excluding steroid dienone is 1. The zero-order chi connectivity index (χ0) is 24.4. The van der Waals surface area contributed by atoms with Gasteiger partial charge in [-0.05, 0) is 33.4 Å². The maximum absolute atomic E-state index is 13.2. The van der Waals surface area contributed by atoms with Crippen LogP contribution in [-0.4, -0.2) is 5.11 Å². The minimum atomic E-state index is -1.24. The van der Waals surface area contributed by atoms with E-state index >= 15 is 0 Å². The fourth-order valence-corrected chi connectivity index (χ4v) is 5.98. The highest BCUT2D eigenvalue weighted by molar-refractivity contribution is 6.01. The third-order valence-corrected chi connectivity index (χ3v) is 7.42. The van der Waals surface area contributed by atoms with E-state index in [2.05, 4.69) is 121 Å². The maximum Gasteiger partial charge on any atom is 0.123 e. The molecular weight excluding hydrogens is 436 g/mol. The van der Waals surface area contributed by atoms with E-state index in [0.717, 1.165) is 27.8 Å². The summed E-state index contributed by atoms with van der Waals surface area (Å²) >= 11 is 0. The van der Waals surface area contributed by atoms with Crippen molar-refractivity contribution in [3.8, 4) is 0 Å². The minimum absolute atomic E-state index is 0.0450. The van der Waals surface area contributed by atoms with E-state index < -0.39 is 5.60 Å². The van der Waals surface area contributed by atoms with Gasteiger partial charge in [-0.3, -0.25) is 0 Å². The highest BCUT2D eigenvalue weighted by atomic mass is 16.3. The molecule has 1 heteroatoms. The van der Waals surface area contributed by atoms with Crippen molar-refractivity contribution in [2.24, 2.45) is 0 Å². The molecule has 5 aromatic rings. The molecule has 0 saturated carbocycles. The quantitative estimate of drug-likeness (QED) is 0.279. The van der Waals surface area contributed by atoms with Crippen molar-refractivity contribution in [2.45, 2.75) is 17.4 Å². The lowest BCUT2D eigenvalue weighted by atomic mass is 9.70. The van der Waals surface area contributed by atoms with Crippen LogP contribution in [0.4, 0.5) is 0 Å². The molecule has 0 aromatic heterocycles. The SMILES string of the molecule is OC1(c2ccccc2)C(c2ccccc2)=C(c2ccccc2)C(c2ccccc2)C1c1ccccc1. The second-order valence-corrected chi connectivity index (χ2v) is 9.43. The first-order valence-corrected chi connectivity index (χ1v) is 12.5. The van der Waals surface area contributed by atoms with Crippen LogP contribution in [0.5, 0.6) is 0 Å². The van der Waals surface area contributed by atoms with E-state index in [1.165, 1.54) is 11.1 Å². The van der Waals surface area contributed by atoms with Gasteiger partial charge in [-0.15, -0.1) is 0 Å². The molecule has 1 aliphatic carbocycles. The zero-order valence-electron chi connectivity index (χ0n) is 20.0. The van der Waals surface area contributed by atoms with E-state index in [4.69, 9.17) is 0 Å². The average molecular weight is 465 g/mol. The topological polar surface area (TPSA) is 20.2 Å². The molecule has 0 bridgehead atoms. The van der Waals surface area contributed by atoms with Crippen LogP contribution < -0.4 is 0 Å². The molecule has 36 heavy (non-hydrogen) atoms. The molecule has 174 valence electrons. The summed E-state index contributed by atoms with van der Waals surface area (Å²) in [4.78, 5) is 0. The lowest BCUT2D eigenvalue weighted by Gasteiger charge is -2.37. The van der Waals surface area contributed by atoms with Crippen molar-refractivity contribution in [3.05, 3.63) is 179 Å². The van der Waals surface area contributed by atoms with Gasteiger partial charge in [0.05, 0.1) is 0 Å². The third kappa shape index (κ3) is 3.69. The fourth-order valence-electron chi connectivity index (χ4n) is 5.98. The number of rotatable bonds is 5. The molecular formula is C35H28O. The number of benzene rings is 5. The van der Waals surface area contributed by atoms with Gasteiger partial charge in [-0.2, -0.15) is 0 Å². The van der Waals surface area contributed by atoms with Gasteiger partial charge in [0.2, 0.25) is 0 Å². The summed E-state index contributed by atoms with van der Waals surface area (Å²) < 4.78 is 0. The lowest BCUT2D eigenvalue weighted by Crippen LogP contribution is -2.33. The summed E-state index contributed by atoms with van der Waals surface area (Å²) in [6.45, 7) is 0. The van der Waals surface area contributed by atoms with Gasteiger partial charge in [0.1, 0.15) is 5.60 Å². The lowest BCUT2D eigenvalue weighted by molar-refractivity contribution is 0.0728. The Bertz CT molecular complexity index is 1460. The Labute approximate surface area is 213 Å². The highest BCUT2D eigenvalue weighted by Crippen LogP contribution is 2.64. The molecule has 1 nitrogen and oxygen atoms in total. The normalized spacial score (nSPS) is 21.5. The number of hydrogen-bond acceptors (Lipinski definition) is 1. The maximum atomic E-state index is 13.2. The Balaban J connectivity index is 1.77. The largest absolute Gasteiger partial charge is 0.380 e. The van der Waals surface area contributed by atoms with Crippen LogP contribution in [0.1, 0.15) is 39.7 Å². The Morgan fingerprint density at radius 2 is 0.861 bits per heavy atom. The Kier molecular flexibility index (Phi) is 5.85. The van der Waals surface area contributed by atoms with Crippen molar-refractivity contribution in [3.63, 3.8) is 0 Å². The van der Waals surface area contributed by atoms with E-state index in [-0.39, 0.29) is 11.8 Å². The molecule has 0 saturated heterocycles. The van der Waals surface area contributed by atoms with Crippen LogP contribution in [0.3, 0.4) is 0 Å².